The first-order valence-corrected chi connectivity index (χ1v) is 6.13. The minimum atomic E-state index is 0.179. The fourth-order valence-corrected chi connectivity index (χ4v) is 2.84. The van der Waals surface area contributed by atoms with Crippen molar-refractivity contribution in [3.8, 4) is 0 Å². The van der Waals surface area contributed by atoms with E-state index in [0.717, 1.165) is 30.0 Å². The molecule has 4 heteroatoms. The summed E-state index contributed by atoms with van der Waals surface area (Å²) in [4.78, 5) is 14.9. The molecule has 2 rings (SSSR count). The SMILES string of the molecule is Cc1ccsc1C(=O)N1CC[C@@H](CN)C1. The van der Waals surface area contributed by atoms with Crippen LogP contribution < -0.4 is 5.73 Å². The van der Waals surface area contributed by atoms with E-state index in [4.69, 9.17) is 5.73 Å². The topological polar surface area (TPSA) is 46.3 Å². The molecule has 1 saturated heterocycles. The van der Waals surface area contributed by atoms with Gasteiger partial charge in [0.05, 0.1) is 4.88 Å². The number of hydrogen-bond acceptors (Lipinski definition) is 3. The molecule has 3 nitrogen and oxygen atoms in total. The van der Waals surface area contributed by atoms with Crippen molar-refractivity contribution in [2.45, 2.75) is 13.3 Å². The Morgan fingerprint density at radius 3 is 3.07 bits per heavy atom. The van der Waals surface area contributed by atoms with Gasteiger partial charge in [0.1, 0.15) is 0 Å². The Hall–Kier alpha value is -0.870. The van der Waals surface area contributed by atoms with Crippen LogP contribution in [0.2, 0.25) is 0 Å². The van der Waals surface area contributed by atoms with E-state index in [1.54, 1.807) is 0 Å². The molecule has 1 fully saturated rings. The highest BCUT2D eigenvalue weighted by Gasteiger charge is 2.27. The Labute approximate surface area is 93.9 Å². The van der Waals surface area contributed by atoms with E-state index in [9.17, 15) is 4.79 Å². The number of carbonyl (C=O) groups excluding carboxylic acids is 1. The van der Waals surface area contributed by atoms with Gasteiger partial charge < -0.3 is 10.6 Å². The zero-order valence-corrected chi connectivity index (χ0v) is 9.72. The van der Waals surface area contributed by atoms with Gasteiger partial charge >= 0.3 is 0 Å². The number of aryl methyl sites for hydroxylation is 1. The fraction of sp³-hybridized carbons (Fsp3) is 0.545. The Bertz CT molecular complexity index is 361. The molecule has 0 unspecified atom stereocenters. The van der Waals surface area contributed by atoms with Crippen molar-refractivity contribution in [1.29, 1.82) is 0 Å². The standard InChI is InChI=1S/C11H16N2OS/c1-8-3-5-15-10(8)11(14)13-4-2-9(6-12)7-13/h3,5,9H,2,4,6-7,12H2,1H3/t9-/m0/s1. The van der Waals surface area contributed by atoms with Gasteiger partial charge in [0.15, 0.2) is 0 Å². The first kappa shape index (κ1) is 10.6. The third-order valence-electron chi connectivity index (χ3n) is 2.96. The lowest BCUT2D eigenvalue weighted by atomic mass is 10.1. The summed E-state index contributed by atoms with van der Waals surface area (Å²) in [6.45, 7) is 4.36. The number of nitrogens with two attached hydrogens (primary N) is 1. The van der Waals surface area contributed by atoms with Gasteiger partial charge in [-0.1, -0.05) is 0 Å². The van der Waals surface area contributed by atoms with Crippen LogP contribution in [0.3, 0.4) is 0 Å². The summed E-state index contributed by atoms with van der Waals surface area (Å²) in [5.41, 5.74) is 6.69. The molecule has 1 amide bonds. The summed E-state index contributed by atoms with van der Waals surface area (Å²) in [7, 11) is 0. The van der Waals surface area contributed by atoms with Gasteiger partial charge in [-0.15, -0.1) is 11.3 Å². The van der Waals surface area contributed by atoms with Crippen molar-refractivity contribution in [2.75, 3.05) is 19.6 Å². The predicted molar refractivity (Wildman–Crippen MR) is 62.1 cm³/mol. The number of amides is 1. The lowest BCUT2D eigenvalue weighted by Crippen LogP contribution is -2.29. The smallest absolute Gasteiger partial charge is 0.264 e. The van der Waals surface area contributed by atoms with Crippen LogP contribution in [-0.2, 0) is 0 Å². The maximum atomic E-state index is 12.1. The normalized spacial score (nSPS) is 20.9. The molecule has 15 heavy (non-hydrogen) atoms. The van der Waals surface area contributed by atoms with E-state index < -0.39 is 0 Å². The number of nitrogens with zero attached hydrogens (tertiary/aromatic N) is 1. The maximum absolute atomic E-state index is 12.1. The largest absolute Gasteiger partial charge is 0.338 e. The van der Waals surface area contributed by atoms with Crippen molar-refractivity contribution < 1.29 is 4.79 Å². The summed E-state index contributed by atoms with van der Waals surface area (Å²) in [6, 6.07) is 1.99. The van der Waals surface area contributed by atoms with Gasteiger partial charge in [-0.05, 0) is 42.8 Å². The minimum Gasteiger partial charge on any atom is -0.338 e. The summed E-state index contributed by atoms with van der Waals surface area (Å²) >= 11 is 1.53. The fourth-order valence-electron chi connectivity index (χ4n) is 1.94. The predicted octanol–water partition coefficient (Wildman–Crippen LogP) is 1.48. The number of rotatable bonds is 2. The van der Waals surface area contributed by atoms with Crippen LogP contribution in [0, 0.1) is 12.8 Å². The van der Waals surface area contributed by atoms with E-state index in [2.05, 4.69) is 0 Å². The Morgan fingerprint density at radius 1 is 1.73 bits per heavy atom. The number of carbonyl (C=O) groups is 1. The van der Waals surface area contributed by atoms with Crippen LogP contribution in [0.1, 0.15) is 21.7 Å². The zero-order chi connectivity index (χ0) is 10.8. The third-order valence-corrected chi connectivity index (χ3v) is 3.97. The Balaban J connectivity index is 2.07. The van der Waals surface area contributed by atoms with Crippen LogP contribution in [0.4, 0.5) is 0 Å². The minimum absolute atomic E-state index is 0.179. The van der Waals surface area contributed by atoms with Gasteiger partial charge in [0.2, 0.25) is 0 Å². The summed E-state index contributed by atoms with van der Waals surface area (Å²) in [5.74, 6) is 0.674. The van der Waals surface area contributed by atoms with Crippen molar-refractivity contribution in [3.63, 3.8) is 0 Å². The van der Waals surface area contributed by atoms with Crippen LogP contribution in [0.5, 0.6) is 0 Å². The molecule has 1 aliphatic heterocycles. The maximum Gasteiger partial charge on any atom is 0.264 e. The number of thiophene rings is 1. The highest BCUT2D eigenvalue weighted by Crippen LogP contribution is 2.22. The zero-order valence-electron chi connectivity index (χ0n) is 8.90. The second kappa shape index (κ2) is 4.33. The molecule has 82 valence electrons. The molecule has 1 aromatic heterocycles. The van der Waals surface area contributed by atoms with Crippen LogP contribution in [-0.4, -0.2) is 30.4 Å². The lowest BCUT2D eigenvalue weighted by Gasteiger charge is -2.15. The average Bonchev–Trinajstić information content (AvgIpc) is 2.84. The van der Waals surface area contributed by atoms with Crippen molar-refractivity contribution in [2.24, 2.45) is 11.7 Å². The molecule has 2 N–H and O–H groups in total. The molecule has 0 aliphatic carbocycles. The molecule has 1 aliphatic rings. The lowest BCUT2D eigenvalue weighted by molar-refractivity contribution is 0.0792. The van der Waals surface area contributed by atoms with E-state index in [-0.39, 0.29) is 5.91 Å². The van der Waals surface area contributed by atoms with Crippen molar-refractivity contribution >= 4 is 17.2 Å². The molecule has 0 aromatic carbocycles. The second-order valence-electron chi connectivity index (χ2n) is 4.07. The van der Waals surface area contributed by atoms with Crippen molar-refractivity contribution in [3.05, 3.63) is 21.9 Å². The monoisotopic (exact) mass is 224 g/mol. The molecule has 1 aromatic rings. The Kier molecular flexibility index (Phi) is 3.07. The van der Waals surface area contributed by atoms with Crippen LogP contribution in [0.15, 0.2) is 11.4 Å². The molecule has 1 atom stereocenters. The highest BCUT2D eigenvalue weighted by atomic mass is 32.1. The molecule has 0 radical (unpaired) electrons. The van der Waals surface area contributed by atoms with Crippen LogP contribution >= 0.6 is 11.3 Å². The summed E-state index contributed by atoms with van der Waals surface area (Å²) in [5, 5.41) is 1.97. The molecule has 0 bridgehead atoms. The molecular weight excluding hydrogens is 208 g/mol. The molecule has 2 heterocycles. The number of likely N-dealkylation sites (tertiary alicyclic amines) is 1. The van der Waals surface area contributed by atoms with E-state index in [1.165, 1.54) is 11.3 Å². The summed E-state index contributed by atoms with van der Waals surface area (Å²) < 4.78 is 0. The first-order chi connectivity index (χ1) is 7.22. The first-order valence-electron chi connectivity index (χ1n) is 5.26. The van der Waals surface area contributed by atoms with Crippen LogP contribution in [0.25, 0.3) is 0 Å². The second-order valence-corrected chi connectivity index (χ2v) is 4.99. The quantitative estimate of drug-likeness (QED) is 0.827. The molecular formula is C11H16N2OS. The van der Waals surface area contributed by atoms with Gasteiger partial charge in [-0.2, -0.15) is 0 Å². The number of hydrogen-bond donors (Lipinski definition) is 1. The van der Waals surface area contributed by atoms with Gasteiger partial charge in [-0.25, -0.2) is 0 Å². The van der Waals surface area contributed by atoms with E-state index in [1.807, 2.05) is 23.3 Å². The van der Waals surface area contributed by atoms with E-state index in [0.29, 0.717) is 12.5 Å². The van der Waals surface area contributed by atoms with E-state index >= 15 is 0 Å². The summed E-state index contributed by atoms with van der Waals surface area (Å²) in [6.07, 6.45) is 1.05. The van der Waals surface area contributed by atoms with Gasteiger partial charge in [-0.3, -0.25) is 4.79 Å². The third kappa shape index (κ3) is 2.06. The Morgan fingerprint density at radius 2 is 2.53 bits per heavy atom. The molecule has 0 spiro atoms. The van der Waals surface area contributed by atoms with Gasteiger partial charge in [0, 0.05) is 13.1 Å². The highest BCUT2D eigenvalue weighted by molar-refractivity contribution is 7.12. The van der Waals surface area contributed by atoms with Crippen molar-refractivity contribution in [1.82, 2.24) is 4.90 Å². The average molecular weight is 224 g/mol. The molecule has 0 saturated carbocycles. The van der Waals surface area contributed by atoms with Gasteiger partial charge in [0.25, 0.3) is 5.91 Å².